The number of pyridine rings is 1. The number of hydrogen-bond donors (Lipinski definition) is 1. The van der Waals surface area contributed by atoms with E-state index in [1.165, 1.54) is 5.56 Å². The van der Waals surface area contributed by atoms with E-state index in [0.29, 0.717) is 0 Å². The van der Waals surface area contributed by atoms with Crippen LogP contribution in [0.1, 0.15) is 50.1 Å². The van der Waals surface area contributed by atoms with Crippen LogP contribution in [0.2, 0.25) is 0 Å². The quantitative estimate of drug-likeness (QED) is 0.615. The average molecular weight is 395 g/mol. The van der Waals surface area contributed by atoms with Crippen molar-refractivity contribution in [3.8, 4) is 5.75 Å². The summed E-state index contributed by atoms with van der Waals surface area (Å²) in [7, 11) is 1.69. The molecule has 0 fully saturated rings. The van der Waals surface area contributed by atoms with Crippen LogP contribution in [0.4, 0.5) is 11.5 Å². The second kappa shape index (κ2) is 11.1. The summed E-state index contributed by atoms with van der Waals surface area (Å²) in [6.07, 6.45) is 0. The normalized spacial score (nSPS) is 9.25. The molecule has 0 unspecified atom stereocenters. The number of aromatic nitrogens is 1. The Morgan fingerprint density at radius 2 is 1.54 bits per heavy atom. The number of hydrogen-bond acceptors (Lipinski definition) is 3. The maximum Gasteiger partial charge on any atom is 0.145 e. The molecule has 0 aliphatic heterocycles. The second-order valence-electron chi connectivity index (χ2n) is 4.93. The minimum atomic E-state index is 0.826. The first kappa shape index (κ1) is 22.4. The van der Waals surface area contributed by atoms with Crippen molar-refractivity contribution in [2.75, 3.05) is 12.4 Å². The molecular formula is C20H31BrN2O. The SMILES string of the molecule is CC.CC.COc1ccc(C)c(Nc2nc(C)c(C)cc2Br)c1C. The lowest BCUT2D eigenvalue weighted by Gasteiger charge is -2.16. The Morgan fingerprint density at radius 3 is 2.08 bits per heavy atom. The molecule has 0 amide bonds. The molecule has 2 aromatic rings. The largest absolute Gasteiger partial charge is 0.496 e. The predicted octanol–water partition coefficient (Wildman–Crippen LogP) is 6.88. The van der Waals surface area contributed by atoms with Crippen molar-refractivity contribution in [3.05, 3.63) is 45.1 Å². The molecule has 0 bridgehead atoms. The maximum absolute atomic E-state index is 5.38. The Balaban J connectivity index is 0.00000123. The topological polar surface area (TPSA) is 34.1 Å². The average Bonchev–Trinajstić information content (AvgIpc) is 2.59. The molecule has 0 saturated carbocycles. The Morgan fingerprint density at radius 1 is 0.958 bits per heavy atom. The summed E-state index contributed by atoms with van der Waals surface area (Å²) in [4.78, 5) is 4.61. The van der Waals surface area contributed by atoms with Gasteiger partial charge in [-0.3, -0.25) is 0 Å². The first-order chi connectivity index (χ1) is 11.4. The second-order valence-corrected chi connectivity index (χ2v) is 5.79. The zero-order chi connectivity index (χ0) is 18.9. The number of methoxy groups -OCH3 is 1. The van der Waals surface area contributed by atoms with Crippen molar-refractivity contribution in [2.45, 2.75) is 55.4 Å². The fourth-order valence-electron chi connectivity index (χ4n) is 2.12. The maximum atomic E-state index is 5.38. The molecule has 2 rings (SSSR count). The van der Waals surface area contributed by atoms with Crippen LogP contribution in [0.15, 0.2) is 22.7 Å². The number of aryl methyl sites for hydroxylation is 3. The lowest BCUT2D eigenvalue weighted by Crippen LogP contribution is -2.02. The lowest BCUT2D eigenvalue weighted by molar-refractivity contribution is 0.412. The monoisotopic (exact) mass is 394 g/mol. The minimum Gasteiger partial charge on any atom is -0.496 e. The van der Waals surface area contributed by atoms with Crippen LogP contribution in [-0.2, 0) is 0 Å². The van der Waals surface area contributed by atoms with Gasteiger partial charge in [0.2, 0.25) is 0 Å². The highest BCUT2D eigenvalue weighted by Crippen LogP contribution is 2.33. The number of anilines is 2. The van der Waals surface area contributed by atoms with Gasteiger partial charge in [0.15, 0.2) is 0 Å². The molecule has 0 saturated heterocycles. The molecular weight excluding hydrogens is 364 g/mol. The Hall–Kier alpha value is -1.55. The van der Waals surface area contributed by atoms with E-state index in [2.05, 4.69) is 46.1 Å². The van der Waals surface area contributed by atoms with Crippen molar-refractivity contribution >= 4 is 27.4 Å². The number of benzene rings is 1. The van der Waals surface area contributed by atoms with Gasteiger partial charge in [0.1, 0.15) is 11.6 Å². The van der Waals surface area contributed by atoms with Crippen molar-refractivity contribution in [1.29, 1.82) is 0 Å². The molecule has 24 heavy (non-hydrogen) atoms. The predicted molar refractivity (Wildman–Crippen MR) is 110 cm³/mol. The van der Waals surface area contributed by atoms with Gasteiger partial charge in [0, 0.05) is 16.9 Å². The van der Waals surface area contributed by atoms with Crippen LogP contribution in [0.25, 0.3) is 0 Å². The Labute approximate surface area is 156 Å². The molecule has 1 N–H and O–H groups in total. The van der Waals surface area contributed by atoms with Gasteiger partial charge in [-0.15, -0.1) is 0 Å². The van der Waals surface area contributed by atoms with Gasteiger partial charge in [-0.05, 0) is 66.9 Å². The van der Waals surface area contributed by atoms with Gasteiger partial charge >= 0.3 is 0 Å². The summed E-state index contributed by atoms with van der Waals surface area (Å²) in [6.45, 7) is 16.2. The summed E-state index contributed by atoms with van der Waals surface area (Å²) in [5.74, 6) is 1.70. The molecule has 0 aliphatic rings. The van der Waals surface area contributed by atoms with Crippen LogP contribution in [0.3, 0.4) is 0 Å². The first-order valence-electron chi connectivity index (χ1n) is 8.49. The summed E-state index contributed by atoms with van der Waals surface area (Å²) in [5, 5.41) is 3.41. The van der Waals surface area contributed by atoms with E-state index < -0.39 is 0 Å². The molecule has 4 heteroatoms. The van der Waals surface area contributed by atoms with E-state index >= 15 is 0 Å². The van der Waals surface area contributed by atoms with Gasteiger partial charge in [-0.2, -0.15) is 0 Å². The van der Waals surface area contributed by atoms with Gasteiger partial charge < -0.3 is 10.1 Å². The smallest absolute Gasteiger partial charge is 0.145 e. The first-order valence-corrected chi connectivity index (χ1v) is 9.28. The third kappa shape index (κ3) is 5.52. The zero-order valence-electron chi connectivity index (χ0n) is 16.5. The zero-order valence-corrected chi connectivity index (χ0v) is 18.1. The van der Waals surface area contributed by atoms with E-state index in [4.69, 9.17) is 4.74 Å². The molecule has 134 valence electrons. The fourth-order valence-corrected chi connectivity index (χ4v) is 2.65. The Bertz CT molecular complexity index is 655. The number of nitrogens with one attached hydrogen (secondary N) is 1. The highest BCUT2D eigenvalue weighted by atomic mass is 79.9. The molecule has 1 aromatic heterocycles. The van der Waals surface area contributed by atoms with Crippen molar-refractivity contribution in [1.82, 2.24) is 4.98 Å². The molecule has 1 aromatic carbocycles. The van der Waals surface area contributed by atoms with E-state index in [1.54, 1.807) is 7.11 Å². The number of nitrogens with zero attached hydrogens (tertiary/aromatic N) is 1. The van der Waals surface area contributed by atoms with Crippen LogP contribution < -0.4 is 10.1 Å². The van der Waals surface area contributed by atoms with E-state index in [9.17, 15) is 0 Å². The molecule has 3 nitrogen and oxygen atoms in total. The van der Waals surface area contributed by atoms with Crippen molar-refractivity contribution in [3.63, 3.8) is 0 Å². The van der Waals surface area contributed by atoms with E-state index in [0.717, 1.165) is 38.5 Å². The third-order valence-electron chi connectivity index (χ3n) is 3.51. The van der Waals surface area contributed by atoms with Gasteiger partial charge in [-0.25, -0.2) is 4.98 Å². The summed E-state index contributed by atoms with van der Waals surface area (Å²) in [6, 6.07) is 6.11. The van der Waals surface area contributed by atoms with E-state index in [1.807, 2.05) is 53.7 Å². The summed E-state index contributed by atoms with van der Waals surface area (Å²) >= 11 is 3.57. The van der Waals surface area contributed by atoms with Crippen LogP contribution in [-0.4, -0.2) is 12.1 Å². The minimum absolute atomic E-state index is 0.826. The molecule has 0 atom stereocenters. The number of rotatable bonds is 3. The molecule has 0 aliphatic carbocycles. The summed E-state index contributed by atoms with van der Waals surface area (Å²) < 4.78 is 6.34. The number of ether oxygens (including phenoxy) is 1. The molecule has 0 spiro atoms. The Kier molecular flexibility index (Phi) is 10.4. The van der Waals surface area contributed by atoms with E-state index in [-0.39, 0.29) is 0 Å². The van der Waals surface area contributed by atoms with Gasteiger partial charge in [-0.1, -0.05) is 33.8 Å². The number of halogens is 1. The van der Waals surface area contributed by atoms with Gasteiger partial charge in [0.25, 0.3) is 0 Å². The third-order valence-corrected chi connectivity index (χ3v) is 4.11. The highest BCUT2D eigenvalue weighted by molar-refractivity contribution is 9.10. The summed E-state index contributed by atoms with van der Waals surface area (Å²) in [5.41, 5.74) is 5.48. The highest BCUT2D eigenvalue weighted by Gasteiger charge is 2.11. The van der Waals surface area contributed by atoms with Crippen molar-refractivity contribution in [2.24, 2.45) is 0 Å². The van der Waals surface area contributed by atoms with Crippen LogP contribution in [0, 0.1) is 27.7 Å². The van der Waals surface area contributed by atoms with Crippen LogP contribution >= 0.6 is 15.9 Å². The molecule has 1 heterocycles. The molecule has 0 radical (unpaired) electrons. The van der Waals surface area contributed by atoms with Crippen LogP contribution in [0.5, 0.6) is 5.75 Å². The standard InChI is InChI=1S/C16H19BrN2O.2C2H6/c1-9-6-7-14(20-5)11(3)15(9)19-16-13(17)8-10(2)12(4)18-16;2*1-2/h6-8H,1-5H3,(H,18,19);2*1-2H3. The van der Waals surface area contributed by atoms with Crippen molar-refractivity contribution < 1.29 is 4.74 Å². The lowest BCUT2D eigenvalue weighted by atomic mass is 10.1. The fraction of sp³-hybridized carbons (Fsp3) is 0.450. The van der Waals surface area contributed by atoms with Gasteiger partial charge in [0.05, 0.1) is 11.6 Å².